The second-order valence-corrected chi connectivity index (χ2v) is 3.79. The van der Waals surface area contributed by atoms with E-state index in [0.717, 1.165) is 29.5 Å². The molecule has 1 aromatic carbocycles. The van der Waals surface area contributed by atoms with Crippen molar-refractivity contribution >= 4 is 27.0 Å². The Kier molecular flexibility index (Phi) is 3.23. The molecule has 2 rings (SSSR count). The first kappa shape index (κ1) is 10.4. The van der Waals surface area contributed by atoms with Gasteiger partial charge in [0.1, 0.15) is 0 Å². The van der Waals surface area contributed by atoms with Gasteiger partial charge in [-0.15, -0.1) is 0 Å². The van der Waals surface area contributed by atoms with Crippen LogP contribution in [0.25, 0.3) is 11.1 Å². The monoisotopic (exact) mass is 270 g/mol. The molecule has 2 aromatic rings. The van der Waals surface area contributed by atoms with Gasteiger partial charge in [0.2, 0.25) is 0 Å². The number of halogens is 1. The normalized spacial score (nSPS) is 11.0. The summed E-state index contributed by atoms with van der Waals surface area (Å²) in [5, 5.41) is 3.17. The molecule has 0 fully saturated rings. The Balaban J connectivity index is 2.19. The molecule has 2 N–H and O–H groups in total. The fourth-order valence-electron chi connectivity index (χ4n) is 1.44. The number of rotatable bonds is 4. The molecular weight excluding hydrogens is 260 g/mol. The zero-order valence-corrected chi connectivity index (χ0v) is 9.63. The van der Waals surface area contributed by atoms with Crippen LogP contribution in [0.4, 0.5) is 0 Å². The van der Waals surface area contributed by atoms with E-state index in [1.165, 1.54) is 0 Å². The SMILES string of the molecule is O=c1[nH]c2ccc(CCNCBr)cc2o1. The quantitative estimate of drug-likeness (QED) is 0.504. The number of fused-ring (bicyclic) bond motifs is 1. The van der Waals surface area contributed by atoms with Gasteiger partial charge in [0.25, 0.3) is 0 Å². The molecule has 0 aliphatic rings. The average molecular weight is 271 g/mol. The molecule has 4 nitrogen and oxygen atoms in total. The standard InChI is InChI=1S/C10H11BrN2O2/c11-6-12-4-3-7-1-2-8-9(5-7)15-10(14)13-8/h1-2,5,12H,3-4,6H2,(H,13,14). The molecule has 0 bridgehead atoms. The Morgan fingerprint density at radius 3 is 3.13 bits per heavy atom. The van der Waals surface area contributed by atoms with Crippen LogP contribution in [-0.2, 0) is 6.42 Å². The number of hydrogen-bond acceptors (Lipinski definition) is 3. The van der Waals surface area contributed by atoms with Crippen molar-refractivity contribution in [3.63, 3.8) is 0 Å². The molecule has 0 aliphatic carbocycles. The van der Waals surface area contributed by atoms with Gasteiger partial charge in [0, 0.05) is 0 Å². The van der Waals surface area contributed by atoms with Crippen molar-refractivity contribution in [2.75, 3.05) is 12.0 Å². The van der Waals surface area contributed by atoms with Crippen molar-refractivity contribution in [2.24, 2.45) is 0 Å². The van der Waals surface area contributed by atoms with Gasteiger partial charge in [-0.3, -0.25) is 4.98 Å². The molecule has 0 saturated heterocycles. The molecule has 0 spiro atoms. The van der Waals surface area contributed by atoms with Crippen molar-refractivity contribution in [2.45, 2.75) is 6.42 Å². The number of hydrogen-bond donors (Lipinski definition) is 2. The third-order valence-corrected chi connectivity index (χ3v) is 2.57. The highest BCUT2D eigenvalue weighted by Gasteiger charge is 2.01. The van der Waals surface area contributed by atoms with Crippen molar-refractivity contribution in [1.29, 1.82) is 0 Å². The molecular formula is C10H11BrN2O2. The van der Waals surface area contributed by atoms with Crippen LogP contribution in [0.15, 0.2) is 27.4 Å². The van der Waals surface area contributed by atoms with E-state index in [1.807, 2.05) is 18.2 Å². The summed E-state index contributed by atoms with van der Waals surface area (Å²) < 4.78 is 4.97. The summed E-state index contributed by atoms with van der Waals surface area (Å²) in [6.07, 6.45) is 0.913. The Morgan fingerprint density at radius 1 is 1.47 bits per heavy atom. The summed E-state index contributed by atoms with van der Waals surface area (Å²) in [5.41, 5.74) is 3.31. The highest BCUT2D eigenvalue weighted by molar-refractivity contribution is 9.09. The van der Waals surface area contributed by atoms with Crippen LogP contribution >= 0.6 is 15.9 Å². The summed E-state index contributed by atoms with van der Waals surface area (Å²) in [6, 6.07) is 5.75. The second kappa shape index (κ2) is 4.63. The number of oxazole rings is 1. The van der Waals surface area contributed by atoms with E-state index in [0.29, 0.717) is 5.58 Å². The Bertz CT molecular complexity index is 503. The Hall–Kier alpha value is -1.07. The largest absolute Gasteiger partial charge is 0.417 e. The second-order valence-electron chi connectivity index (χ2n) is 3.23. The third kappa shape index (κ3) is 2.49. The van der Waals surface area contributed by atoms with E-state index >= 15 is 0 Å². The maximum atomic E-state index is 10.9. The van der Waals surface area contributed by atoms with Gasteiger partial charge in [-0.1, -0.05) is 22.0 Å². The zero-order chi connectivity index (χ0) is 10.7. The molecule has 0 unspecified atom stereocenters. The zero-order valence-electron chi connectivity index (χ0n) is 8.05. The lowest BCUT2D eigenvalue weighted by atomic mass is 10.1. The molecule has 0 aliphatic heterocycles. The lowest BCUT2D eigenvalue weighted by Crippen LogP contribution is -2.14. The minimum absolute atomic E-state index is 0.402. The first-order valence-corrected chi connectivity index (χ1v) is 5.80. The smallest absolute Gasteiger partial charge is 0.408 e. The average Bonchev–Trinajstić information content (AvgIpc) is 2.57. The van der Waals surface area contributed by atoms with Crippen LogP contribution in [0.2, 0.25) is 0 Å². The van der Waals surface area contributed by atoms with E-state index in [9.17, 15) is 4.79 Å². The summed E-state index contributed by atoms with van der Waals surface area (Å²) in [5.74, 6) is -0.402. The summed E-state index contributed by atoms with van der Waals surface area (Å²) in [4.78, 5) is 13.5. The third-order valence-electron chi connectivity index (χ3n) is 2.17. The van der Waals surface area contributed by atoms with Gasteiger partial charge in [-0.2, -0.15) is 0 Å². The molecule has 0 amide bonds. The highest BCUT2D eigenvalue weighted by Crippen LogP contribution is 2.12. The molecule has 5 heteroatoms. The highest BCUT2D eigenvalue weighted by atomic mass is 79.9. The Morgan fingerprint density at radius 2 is 2.33 bits per heavy atom. The first-order valence-electron chi connectivity index (χ1n) is 4.68. The van der Waals surface area contributed by atoms with E-state index in [1.54, 1.807) is 0 Å². The minimum atomic E-state index is -0.402. The van der Waals surface area contributed by atoms with Crippen molar-refractivity contribution in [3.05, 3.63) is 34.3 Å². The van der Waals surface area contributed by atoms with Gasteiger partial charge in [-0.25, -0.2) is 4.79 Å². The summed E-state index contributed by atoms with van der Waals surface area (Å²) >= 11 is 3.29. The van der Waals surface area contributed by atoms with Gasteiger partial charge in [-0.05, 0) is 30.7 Å². The maximum Gasteiger partial charge on any atom is 0.417 e. The van der Waals surface area contributed by atoms with E-state index in [-0.39, 0.29) is 0 Å². The Labute approximate surface area is 94.8 Å². The van der Waals surface area contributed by atoms with Crippen LogP contribution in [-0.4, -0.2) is 17.0 Å². The number of alkyl halides is 1. The predicted octanol–water partition coefficient (Wildman–Crippen LogP) is 1.61. The molecule has 0 atom stereocenters. The van der Waals surface area contributed by atoms with Crippen molar-refractivity contribution in [1.82, 2.24) is 10.3 Å². The van der Waals surface area contributed by atoms with E-state index < -0.39 is 5.76 Å². The molecule has 0 saturated carbocycles. The van der Waals surface area contributed by atoms with Gasteiger partial charge in [0.05, 0.1) is 11.0 Å². The van der Waals surface area contributed by atoms with Crippen LogP contribution in [0.1, 0.15) is 5.56 Å². The fraction of sp³-hybridized carbons (Fsp3) is 0.300. The fourth-order valence-corrected chi connectivity index (χ4v) is 1.73. The van der Waals surface area contributed by atoms with Crippen molar-refractivity contribution in [3.8, 4) is 0 Å². The van der Waals surface area contributed by atoms with Gasteiger partial charge >= 0.3 is 5.76 Å². The van der Waals surface area contributed by atoms with E-state index in [4.69, 9.17) is 4.42 Å². The van der Waals surface area contributed by atoms with Crippen LogP contribution in [0.5, 0.6) is 0 Å². The molecule has 1 heterocycles. The van der Waals surface area contributed by atoms with E-state index in [2.05, 4.69) is 26.2 Å². The lowest BCUT2D eigenvalue weighted by Gasteiger charge is -2.00. The number of H-pyrrole nitrogens is 1. The number of benzene rings is 1. The number of aromatic amines is 1. The first-order chi connectivity index (χ1) is 7.29. The van der Waals surface area contributed by atoms with Crippen molar-refractivity contribution < 1.29 is 4.42 Å². The summed E-state index contributed by atoms with van der Waals surface area (Å²) in [7, 11) is 0. The topological polar surface area (TPSA) is 58.0 Å². The maximum absolute atomic E-state index is 10.9. The number of nitrogens with one attached hydrogen (secondary N) is 2. The van der Waals surface area contributed by atoms with Crippen LogP contribution < -0.4 is 11.1 Å². The van der Waals surface area contributed by atoms with Gasteiger partial charge in [0.15, 0.2) is 5.58 Å². The molecule has 15 heavy (non-hydrogen) atoms. The summed E-state index contributed by atoms with van der Waals surface area (Å²) in [6.45, 7) is 0.894. The predicted molar refractivity (Wildman–Crippen MR) is 62.3 cm³/mol. The minimum Gasteiger partial charge on any atom is -0.408 e. The van der Waals surface area contributed by atoms with Gasteiger partial charge < -0.3 is 9.73 Å². The number of aromatic nitrogens is 1. The lowest BCUT2D eigenvalue weighted by molar-refractivity contribution is 0.555. The van der Waals surface area contributed by atoms with Crippen LogP contribution in [0, 0.1) is 0 Å². The molecule has 80 valence electrons. The molecule has 1 aromatic heterocycles. The van der Waals surface area contributed by atoms with Crippen LogP contribution in [0.3, 0.4) is 0 Å². The molecule has 0 radical (unpaired) electrons.